The molecule has 2 aromatic rings. The molecule has 0 N–H and O–H groups in total. The molecule has 2 aliphatic rings. The van der Waals surface area contributed by atoms with E-state index in [0.29, 0.717) is 28.4 Å². The molecule has 0 fully saturated rings. The maximum atomic E-state index is 11.9. The molecule has 0 saturated heterocycles. The highest BCUT2D eigenvalue weighted by molar-refractivity contribution is 6.14. The first-order valence-electron chi connectivity index (χ1n) is 7.18. The van der Waals surface area contributed by atoms with Crippen molar-refractivity contribution in [1.29, 1.82) is 0 Å². The second-order valence-corrected chi connectivity index (χ2v) is 5.24. The van der Waals surface area contributed by atoms with Crippen LogP contribution in [0.5, 0.6) is 11.5 Å². The van der Waals surface area contributed by atoms with Crippen molar-refractivity contribution < 1.29 is 28.6 Å². The predicted octanol–water partition coefficient (Wildman–Crippen LogP) is 3.32. The lowest BCUT2D eigenvalue weighted by Crippen LogP contribution is -1.97. The number of ether oxygens (including phenoxy) is 3. The van der Waals surface area contributed by atoms with Gasteiger partial charge in [0.1, 0.15) is 17.3 Å². The third-order valence-corrected chi connectivity index (χ3v) is 3.79. The first kappa shape index (κ1) is 14.2. The number of fused-ring (bicyclic) bond motifs is 2. The summed E-state index contributed by atoms with van der Waals surface area (Å²) < 4.78 is 15.4. The minimum atomic E-state index is -0.698. The van der Waals surface area contributed by atoms with Gasteiger partial charge in [0.05, 0.1) is 16.7 Å². The highest BCUT2D eigenvalue weighted by Crippen LogP contribution is 2.34. The van der Waals surface area contributed by atoms with Gasteiger partial charge >= 0.3 is 17.9 Å². The van der Waals surface area contributed by atoms with E-state index in [1.807, 2.05) is 0 Å². The smallest absolute Gasteiger partial charge is 0.347 e. The number of hydrogen-bond acceptors (Lipinski definition) is 6. The summed E-state index contributed by atoms with van der Waals surface area (Å²) in [5, 5.41) is 0. The summed E-state index contributed by atoms with van der Waals surface area (Å²) in [6.07, 6.45) is 1.72. The van der Waals surface area contributed by atoms with Gasteiger partial charge in [0.25, 0.3) is 0 Å². The van der Waals surface area contributed by atoms with Crippen molar-refractivity contribution >= 4 is 23.7 Å². The van der Waals surface area contributed by atoms with Crippen LogP contribution in [0, 0.1) is 0 Å². The Labute approximate surface area is 136 Å². The minimum absolute atomic E-state index is 0.161. The number of rotatable bonds is 2. The summed E-state index contributed by atoms with van der Waals surface area (Å²) in [7, 11) is 0. The van der Waals surface area contributed by atoms with E-state index in [1.54, 1.807) is 37.3 Å². The van der Waals surface area contributed by atoms with E-state index >= 15 is 0 Å². The van der Waals surface area contributed by atoms with Crippen LogP contribution in [0.25, 0.3) is 5.76 Å². The lowest BCUT2D eigenvalue weighted by molar-refractivity contribution is 0.0443. The Morgan fingerprint density at radius 3 is 1.96 bits per heavy atom. The first-order valence-corrected chi connectivity index (χ1v) is 7.18. The number of carbonyl (C=O) groups excluding carboxylic acids is 3. The summed E-state index contributed by atoms with van der Waals surface area (Å²) in [5.74, 6) is -0.512. The van der Waals surface area contributed by atoms with Gasteiger partial charge in [-0.25, -0.2) is 14.4 Å². The van der Waals surface area contributed by atoms with Gasteiger partial charge in [0, 0.05) is 5.56 Å². The van der Waals surface area contributed by atoms with E-state index < -0.39 is 17.9 Å². The maximum Gasteiger partial charge on any atom is 0.347 e. The summed E-state index contributed by atoms with van der Waals surface area (Å²) in [4.78, 5) is 34.9. The van der Waals surface area contributed by atoms with Gasteiger partial charge in [-0.15, -0.1) is 0 Å². The van der Waals surface area contributed by atoms with Crippen molar-refractivity contribution in [2.75, 3.05) is 0 Å². The highest BCUT2D eigenvalue weighted by atomic mass is 16.6. The van der Waals surface area contributed by atoms with E-state index in [2.05, 4.69) is 4.74 Å². The van der Waals surface area contributed by atoms with Gasteiger partial charge in [-0.1, -0.05) is 0 Å². The molecule has 0 spiro atoms. The Balaban J connectivity index is 1.67. The number of hydrogen-bond donors (Lipinski definition) is 0. The molecule has 0 atom stereocenters. The molecule has 0 bridgehead atoms. The van der Waals surface area contributed by atoms with Gasteiger partial charge in [-0.05, 0) is 49.4 Å². The summed E-state index contributed by atoms with van der Waals surface area (Å²) in [6, 6.07) is 9.46. The summed E-state index contributed by atoms with van der Waals surface area (Å²) in [6.45, 7) is 1.78. The van der Waals surface area contributed by atoms with E-state index in [9.17, 15) is 14.4 Å². The fourth-order valence-corrected chi connectivity index (χ4v) is 2.66. The quantitative estimate of drug-likeness (QED) is 0.623. The lowest BCUT2D eigenvalue weighted by Gasteiger charge is -2.07. The van der Waals surface area contributed by atoms with Crippen molar-refractivity contribution in [2.24, 2.45) is 0 Å². The molecule has 0 amide bonds. The van der Waals surface area contributed by atoms with Crippen molar-refractivity contribution in [2.45, 2.75) is 6.92 Å². The molecule has 2 aromatic carbocycles. The largest absolute Gasteiger partial charge is 0.457 e. The molecule has 0 aliphatic carbocycles. The van der Waals surface area contributed by atoms with Crippen LogP contribution in [0.4, 0.5) is 0 Å². The van der Waals surface area contributed by atoms with Gasteiger partial charge in [-0.2, -0.15) is 0 Å². The van der Waals surface area contributed by atoms with Crippen LogP contribution in [-0.4, -0.2) is 17.9 Å². The van der Waals surface area contributed by atoms with Crippen molar-refractivity contribution in [3.8, 4) is 11.5 Å². The number of esters is 3. The molecule has 0 unspecified atom stereocenters. The Morgan fingerprint density at radius 1 is 0.750 bits per heavy atom. The molecule has 2 heterocycles. The molecular weight excluding hydrogens is 312 g/mol. The SMILES string of the molecule is CC=C1OC(=O)c2cc(Oc3ccc4c(c3)C(=O)OC4=O)ccc21. The second kappa shape index (κ2) is 5.06. The molecule has 4 rings (SSSR count). The Hall–Kier alpha value is -3.41. The Kier molecular flexibility index (Phi) is 2.99. The number of cyclic esters (lactones) is 3. The second-order valence-electron chi connectivity index (χ2n) is 5.24. The first-order chi connectivity index (χ1) is 11.6. The average molecular weight is 322 g/mol. The molecule has 6 heteroatoms. The van der Waals surface area contributed by atoms with Crippen LogP contribution in [0.2, 0.25) is 0 Å². The Morgan fingerprint density at radius 2 is 1.29 bits per heavy atom. The molecule has 6 nitrogen and oxygen atoms in total. The summed E-state index contributed by atoms with van der Waals surface area (Å²) >= 11 is 0. The van der Waals surface area contributed by atoms with Crippen molar-refractivity contribution in [3.05, 3.63) is 64.7 Å². The van der Waals surface area contributed by atoms with Crippen LogP contribution in [0.1, 0.15) is 43.6 Å². The van der Waals surface area contributed by atoms with Gasteiger partial charge < -0.3 is 14.2 Å². The summed E-state index contributed by atoms with van der Waals surface area (Å²) in [5.41, 5.74) is 1.49. The van der Waals surface area contributed by atoms with Crippen LogP contribution in [-0.2, 0) is 9.47 Å². The molecule has 0 radical (unpaired) electrons. The topological polar surface area (TPSA) is 78.9 Å². The molecule has 24 heavy (non-hydrogen) atoms. The Bertz CT molecular complexity index is 954. The minimum Gasteiger partial charge on any atom is -0.457 e. The molecule has 2 aliphatic heterocycles. The van der Waals surface area contributed by atoms with E-state index in [1.165, 1.54) is 12.1 Å². The normalized spacial score (nSPS) is 16.7. The third-order valence-electron chi connectivity index (χ3n) is 3.79. The zero-order valence-electron chi connectivity index (χ0n) is 12.5. The zero-order chi connectivity index (χ0) is 16.8. The van der Waals surface area contributed by atoms with Crippen LogP contribution < -0.4 is 4.74 Å². The standard InChI is InChI=1S/C18H10O6/c1-2-15-11-5-3-9(7-13(11)17(20)23-15)22-10-4-6-12-14(8-10)18(21)24-16(12)19/h2-8H,1H3. The zero-order valence-corrected chi connectivity index (χ0v) is 12.5. The maximum absolute atomic E-state index is 11.9. The highest BCUT2D eigenvalue weighted by Gasteiger charge is 2.30. The molecule has 0 aromatic heterocycles. The van der Waals surface area contributed by atoms with Crippen molar-refractivity contribution in [3.63, 3.8) is 0 Å². The fraction of sp³-hybridized carbons (Fsp3) is 0.0556. The van der Waals surface area contributed by atoms with Crippen molar-refractivity contribution in [1.82, 2.24) is 0 Å². The van der Waals surface area contributed by atoms with Crippen LogP contribution in [0.3, 0.4) is 0 Å². The van der Waals surface area contributed by atoms with Crippen LogP contribution in [0.15, 0.2) is 42.5 Å². The number of allylic oxidation sites excluding steroid dienone is 1. The predicted molar refractivity (Wildman–Crippen MR) is 81.8 cm³/mol. The number of benzene rings is 2. The molecule has 0 saturated carbocycles. The van der Waals surface area contributed by atoms with E-state index in [-0.39, 0.29) is 11.1 Å². The molecular formula is C18H10O6. The van der Waals surface area contributed by atoms with Gasteiger partial charge in [-0.3, -0.25) is 0 Å². The van der Waals surface area contributed by atoms with Gasteiger partial charge in [0.15, 0.2) is 0 Å². The number of carbonyl (C=O) groups is 3. The monoisotopic (exact) mass is 322 g/mol. The lowest BCUT2D eigenvalue weighted by atomic mass is 10.1. The molecule has 118 valence electrons. The van der Waals surface area contributed by atoms with E-state index in [4.69, 9.17) is 9.47 Å². The fourth-order valence-electron chi connectivity index (χ4n) is 2.66. The average Bonchev–Trinajstić information content (AvgIpc) is 3.04. The van der Waals surface area contributed by atoms with Gasteiger partial charge in [0.2, 0.25) is 0 Å². The van der Waals surface area contributed by atoms with E-state index in [0.717, 1.165) is 0 Å². The third kappa shape index (κ3) is 2.08. The van der Waals surface area contributed by atoms with Crippen LogP contribution >= 0.6 is 0 Å².